The number of non-ortho nitro benzene ring substituents is 2. The fourth-order valence-electron chi connectivity index (χ4n) is 3.13. The molecule has 0 spiro atoms. The summed E-state index contributed by atoms with van der Waals surface area (Å²) in [5.41, 5.74) is 0.855. The number of nitro groups is 2. The molecule has 1 heterocycles. The maximum absolute atomic E-state index is 12.7. The fraction of sp³-hybridized carbons (Fsp3) is 0.316. The van der Waals surface area contributed by atoms with Crippen molar-refractivity contribution >= 4 is 23.0 Å². The molecule has 0 radical (unpaired) electrons. The maximum atomic E-state index is 12.7. The van der Waals surface area contributed by atoms with Crippen LogP contribution < -0.4 is 4.90 Å². The highest BCUT2D eigenvalue weighted by Crippen LogP contribution is 2.24. The molecule has 29 heavy (non-hydrogen) atoms. The number of nitro benzene ring substituents is 2. The standard InChI is InChI=1S/C19H20N4O6/c1-20(13-14-2-4-16(5-3-14)21-6-8-29-9-7-21)19(24)15-10-17(22(25)26)12-18(11-15)23(27)28/h2-5,10-12H,6-9,13H2,1H3. The van der Waals surface area contributed by atoms with Gasteiger partial charge in [0.15, 0.2) is 0 Å². The van der Waals surface area contributed by atoms with E-state index in [4.69, 9.17) is 4.74 Å². The molecule has 152 valence electrons. The van der Waals surface area contributed by atoms with Gasteiger partial charge in [-0.25, -0.2) is 0 Å². The Morgan fingerprint density at radius 1 is 1.03 bits per heavy atom. The van der Waals surface area contributed by atoms with Crippen molar-refractivity contribution in [3.8, 4) is 0 Å². The van der Waals surface area contributed by atoms with Crippen molar-refractivity contribution < 1.29 is 19.4 Å². The molecule has 1 aliphatic heterocycles. The van der Waals surface area contributed by atoms with Crippen LogP contribution in [0.3, 0.4) is 0 Å². The lowest BCUT2D eigenvalue weighted by Crippen LogP contribution is -2.36. The van der Waals surface area contributed by atoms with E-state index < -0.39 is 27.1 Å². The van der Waals surface area contributed by atoms with Crippen molar-refractivity contribution in [2.24, 2.45) is 0 Å². The molecule has 1 saturated heterocycles. The number of morpholine rings is 1. The second-order valence-corrected chi connectivity index (χ2v) is 6.68. The Labute approximate surface area is 166 Å². The zero-order valence-corrected chi connectivity index (χ0v) is 15.8. The summed E-state index contributed by atoms with van der Waals surface area (Å²) in [6, 6.07) is 10.7. The highest BCUT2D eigenvalue weighted by Gasteiger charge is 2.22. The van der Waals surface area contributed by atoms with Gasteiger partial charge in [0.1, 0.15) is 0 Å². The second kappa shape index (κ2) is 8.65. The Morgan fingerprint density at radius 2 is 1.59 bits per heavy atom. The van der Waals surface area contributed by atoms with Crippen LogP contribution in [0.4, 0.5) is 17.1 Å². The summed E-state index contributed by atoms with van der Waals surface area (Å²) in [4.78, 5) is 36.8. The third-order valence-electron chi connectivity index (χ3n) is 4.65. The molecule has 10 heteroatoms. The van der Waals surface area contributed by atoms with Gasteiger partial charge in [-0.05, 0) is 17.7 Å². The average molecular weight is 400 g/mol. The Morgan fingerprint density at radius 3 is 2.10 bits per heavy atom. The first-order valence-corrected chi connectivity index (χ1v) is 8.96. The molecule has 0 aromatic heterocycles. The number of anilines is 1. The normalized spacial score (nSPS) is 13.8. The van der Waals surface area contributed by atoms with E-state index in [0.717, 1.165) is 42.5 Å². The lowest BCUT2D eigenvalue weighted by Gasteiger charge is -2.29. The predicted molar refractivity (Wildman–Crippen MR) is 105 cm³/mol. The van der Waals surface area contributed by atoms with E-state index in [0.29, 0.717) is 13.2 Å². The van der Waals surface area contributed by atoms with Gasteiger partial charge in [0.25, 0.3) is 17.3 Å². The van der Waals surface area contributed by atoms with Crippen LogP contribution in [0.2, 0.25) is 0 Å². The molecule has 1 aliphatic rings. The number of amides is 1. The summed E-state index contributed by atoms with van der Waals surface area (Å²) in [6.45, 7) is 3.29. The minimum atomic E-state index is -0.756. The van der Waals surface area contributed by atoms with Gasteiger partial charge in [-0.1, -0.05) is 12.1 Å². The van der Waals surface area contributed by atoms with Gasteiger partial charge in [0, 0.05) is 44.5 Å². The van der Waals surface area contributed by atoms with Crippen LogP contribution in [-0.2, 0) is 11.3 Å². The van der Waals surface area contributed by atoms with Gasteiger partial charge in [0.2, 0.25) is 0 Å². The molecule has 2 aromatic carbocycles. The maximum Gasteiger partial charge on any atom is 0.277 e. The van der Waals surface area contributed by atoms with Gasteiger partial charge in [-0.2, -0.15) is 0 Å². The van der Waals surface area contributed by atoms with Crippen molar-refractivity contribution in [3.05, 3.63) is 73.8 Å². The zero-order chi connectivity index (χ0) is 21.0. The number of carbonyl (C=O) groups is 1. The first kappa shape index (κ1) is 20.2. The molecule has 0 aliphatic carbocycles. The molecular formula is C19H20N4O6. The largest absolute Gasteiger partial charge is 0.378 e. The van der Waals surface area contributed by atoms with Crippen molar-refractivity contribution in [2.75, 3.05) is 38.3 Å². The molecule has 0 N–H and O–H groups in total. The van der Waals surface area contributed by atoms with Crippen LogP contribution in [0.15, 0.2) is 42.5 Å². The minimum absolute atomic E-state index is 0.0988. The fourth-order valence-corrected chi connectivity index (χ4v) is 3.13. The van der Waals surface area contributed by atoms with Gasteiger partial charge in [0.05, 0.1) is 34.7 Å². The quantitative estimate of drug-likeness (QED) is 0.540. The number of nitrogens with zero attached hydrogens (tertiary/aromatic N) is 4. The Bertz CT molecular complexity index is 893. The van der Waals surface area contributed by atoms with Crippen molar-refractivity contribution in [3.63, 3.8) is 0 Å². The van der Waals surface area contributed by atoms with Crippen molar-refractivity contribution in [1.82, 2.24) is 4.90 Å². The SMILES string of the molecule is CN(Cc1ccc(N2CCOCC2)cc1)C(=O)c1cc([N+](=O)[O-])cc([N+](=O)[O-])c1. The highest BCUT2D eigenvalue weighted by atomic mass is 16.6. The third-order valence-corrected chi connectivity index (χ3v) is 4.65. The van der Waals surface area contributed by atoms with E-state index in [1.54, 1.807) is 7.05 Å². The summed E-state index contributed by atoms with van der Waals surface area (Å²) in [5, 5.41) is 22.0. The number of benzene rings is 2. The van der Waals surface area contributed by atoms with E-state index in [2.05, 4.69) is 4.90 Å². The summed E-state index contributed by atoms with van der Waals surface area (Å²) >= 11 is 0. The van der Waals surface area contributed by atoms with E-state index >= 15 is 0 Å². The van der Waals surface area contributed by atoms with Gasteiger partial charge in [-0.3, -0.25) is 25.0 Å². The minimum Gasteiger partial charge on any atom is -0.378 e. The third kappa shape index (κ3) is 4.85. The summed E-state index contributed by atoms with van der Waals surface area (Å²) in [5.74, 6) is -0.533. The highest BCUT2D eigenvalue weighted by molar-refractivity contribution is 5.95. The first-order valence-electron chi connectivity index (χ1n) is 8.96. The van der Waals surface area contributed by atoms with Crippen LogP contribution >= 0.6 is 0 Å². The van der Waals surface area contributed by atoms with E-state index in [1.165, 1.54) is 4.90 Å². The molecule has 1 fully saturated rings. The predicted octanol–water partition coefficient (Wildman–Crippen LogP) is 2.61. The van der Waals surface area contributed by atoms with E-state index in [-0.39, 0.29) is 12.1 Å². The summed E-state index contributed by atoms with van der Waals surface area (Å²) < 4.78 is 5.34. The van der Waals surface area contributed by atoms with Crippen LogP contribution in [0.1, 0.15) is 15.9 Å². The number of hydrogen-bond donors (Lipinski definition) is 0. The molecular weight excluding hydrogens is 380 g/mol. The zero-order valence-electron chi connectivity index (χ0n) is 15.8. The van der Waals surface area contributed by atoms with Gasteiger partial charge >= 0.3 is 0 Å². The molecule has 1 amide bonds. The Hall–Kier alpha value is -3.53. The van der Waals surface area contributed by atoms with Crippen LogP contribution in [0.5, 0.6) is 0 Å². The van der Waals surface area contributed by atoms with Crippen LogP contribution in [0, 0.1) is 20.2 Å². The van der Waals surface area contributed by atoms with Crippen LogP contribution in [-0.4, -0.2) is 54.0 Å². The van der Waals surface area contributed by atoms with Crippen molar-refractivity contribution in [1.29, 1.82) is 0 Å². The van der Waals surface area contributed by atoms with Crippen LogP contribution in [0.25, 0.3) is 0 Å². The molecule has 2 aromatic rings. The Kier molecular flexibility index (Phi) is 6.03. The lowest BCUT2D eigenvalue weighted by molar-refractivity contribution is -0.394. The number of ether oxygens (including phenoxy) is 1. The molecule has 0 saturated carbocycles. The molecule has 0 unspecified atom stereocenters. The molecule has 10 nitrogen and oxygen atoms in total. The first-order chi connectivity index (χ1) is 13.8. The van der Waals surface area contributed by atoms with Gasteiger partial charge < -0.3 is 14.5 Å². The molecule has 0 bridgehead atoms. The topological polar surface area (TPSA) is 119 Å². The number of carbonyl (C=O) groups excluding carboxylic acids is 1. The molecule has 3 rings (SSSR count). The van der Waals surface area contributed by atoms with E-state index in [9.17, 15) is 25.0 Å². The van der Waals surface area contributed by atoms with Gasteiger partial charge in [-0.15, -0.1) is 0 Å². The average Bonchev–Trinajstić information content (AvgIpc) is 2.74. The molecule has 0 atom stereocenters. The second-order valence-electron chi connectivity index (χ2n) is 6.68. The number of hydrogen-bond acceptors (Lipinski definition) is 7. The Balaban J connectivity index is 1.73. The summed E-state index contributed by atoms with van der Waals surface area (Å²) in [6.07, 6.45) is 0. The van der Waals surface area contributed by atoms with E-state index in [1.807, 2.05) is 24.3 Å². The number of rotatable bonds is 6. The monoisotopic (exact) mass is 400 g/mol. The van der Waals surface area contributed by atoms with Crippen molar-refractivity contribution in [2.45, 2.75) is 6.54 Å². The smallest absolute Gasteiger partial charge is 0.277 e. The lowest BCUT2D eigenvalue weighted by atomic mass is 10.1. The summed E-state index contributed by atoms with van der Waals surface area (Å²) in [7, 11) is 1.54.